The number of non-ortho nitro benzene ring substituents is 1. The van der Waals surface area contributed by atoms with Gasteiger partial charge in [0.15, 0.2) is 11.5 Å². The van der Waals surface area contributed by atoms with Crippen LogP contribution >= 0.6 is 11.8 Å². The molecule has 0 unspecified atom stereocenters. The molecule has 2 aromatic rings. The fourth-order valence-corrected chi connectivity index (χ4v) is 4.61. The van der Waals surface area contributed by atoms with Crippen molar-refractivity contribution in [1.29, 1.82) is 0 Å². The second-order valence-corrected chi connectivity index (χ2v) is 9.12. The van der Waals surface area contributed by atoms with E-state index in [9.17, 15) is 24.5 Å². The molecule has 1 saturated heterocycles. The van der Waals surface area contributed by atoms with E-state index in [0.717, 1.165) is 27.8 Å². The van der Waals surface area contributed by atoms with Gasteiger partial charge in [-0.05, 0) is 80.4 Å². The summed E-state index contributed by atoms with van der Waals surface area (Å²) in [6, 6.07) is 8.51. The smallest absolute Gasteiger partial charge is 0.329 e. The molecule has 1 aliphatic heterocycles. The normalized spacial score (nSPS) is 14.9. The molecule has 38 heavy (non-hydrogen) atoms. The summed E-state index contributed by atoms with van der Waals surface area (Å²) in [5.41, 5.74) is 2.05. The van der Waals surface area contributed by atoms with E-state index in [0.29, 0.717) is 30.1 Å². The standard InChI is InChI=1S/C27H28N2O8S/c1-5-8-20-13-19(15-23-25(30)28(27(32)38-23)17(4)26(31)36-7-3)14-22(35-6-2)24(20)37-16-18-9-11-21(12-10-18)29(33)34/h5,9-15,17H,1,6-8,16H2,2-4H3/b23-15+/t17-/m0/s1. The van der Waals surface area contributed by atoms with Gasteiger partial charge in [0.2, 0.25) is 0 Å². The van der Waals surface area contributed by atoms with Crippen LogP contribution in [0.3, 0.4) is 0 Å². The highest BCUT2D eigenvalue weighted by Crippen LogP contribution is 2.38. The molecule has 0 N–H and O–H groups in total. The van der Waals surface area contributed by atoms with Crippen molar-refractivity contribution < 1.29 is 33.5 Å². The number of esters is 1. The van der Waals surface area contributed by atoms with Crippen LogP contribution in [0.5, 0.6) is 11.5 Å². The van der Waals surface area contributed by atoms with Crippen LogP contribution in [0, 0.1) is 10.1 Å². The van der Waals surface area contributed by atoms with Gasteiger partial charge in [-0.15, -0.1) is 6.58 Å². The van der Waals surface area contributed by atoms with Crippen LogP contribution in [-0.4, -0.2) is 46.2 Å². The largest absolute Gasteiger partial charge is 0.490 e. The number of carbonyl (C=O) groups excluding carboxylic acids is 3. The molecule has 0 spiro atoms. The highest BCUT2D eigenvalue weighted by molar-refractivity contribution is 8.18. The first-order valence-electron chi connectivity index (χ1n) is 11.9. The Hall–Kier alpha value is -4.12. The Labute approximate surface area is 224 Å². The summed E-state index contributed by atoms with van der Waals surface area (Å²) in [5.74, 6) is -0.329. The number of imide groups is 1. The van der Waals surface area contributed by atoms with E-state index >= 15 is 0 Å². The van der Waals surface area contributed by atoms with Gasteiger partial charge in [0, 0.05) is 17.7 Å². The summed E-state index contributed by atoms with van der Waals surface area (Å²) in [7, 11) is 0. The Morgan fingerprint density at radius 1 is 1.16 bits per heavy atom. The van der Waals surface area contributed by atoms with Crippen molar-refractivity contribution in [2.24, 2.45) is 0 Å². The highest BCUT2D eigenvalue weighted by atomic mass is 32.2. The molecule has 3 rings (SSSR count). The van der Waals surface area contributed by atoms with Crippen LogP contribution in [0.4, 0.5) is 10.5 Å². The summed E-state index contributed by atoms with van der Waals surface area (Å²) in [6.45, 7) is 9.35. The average Bonchev–Trinajstić information content (AvgIpc) is 3.16. The number of allylic oxidation sites excluding steroid dienone is 1. The van der Waals surface area contributed by atoms with Crippen molar-refractivity contribution in [2.45, 2.75) is 39.8 Å². The first kappa shape index (κ1) is 28.5. The van der Waals surface area contributed by atoms with Crippen LogP contribution in [0.2, 0.25) is 0 Å². The third-order valence-electron chi connectivity index (χ3n) is 5.48. The first-order chi connectivity index (χ1) is 18.2. The van der Waals surface area contributed by atoms with Gasteiger partial charge < -0.3 is 14.2 Å². The van der Waals surface area contributed by atoms with E-state index in [-0.39, 0.29) is 23.8 Å². The lowest BCUT2D eigenvalue weighted by molar-refractivity contribution is -0.384. The summed E-state index contributed by atoms with van der Waals surface area (Å²) in [5, 5.41) is 10.4. The fourth-order valence-electron chi connectivity index (χ4n) is 3.70. The number of carbonyl (C=O) groups is 3. The van der Waals surface area contributed by atoms with Crippen LogP contribution in [-0.2, 0) is 27.4 Å². The minimum atomic E-state index is -1.04. The zero-order valence-corrected chi connectivity index (χ0v) is 22.1. The van der Waals surface area contributed by atoms with E-state index in [1.807, 2.05) is 6.92 Å². The number of nitrogens with zero attached hydrogens (tertiary/aromatic N) is 2. The summed E-state index contributed by atoms with van der Waals surface area (Å²) >= 11 is 0.744. The van der Waals surface area contributed by atoms with Gasteiger partial charge in [0.1, 0.15) is 12.6 Å². The summed E-state index contributed by atoms with van der Waals surface area (Å²) in [4.78, 5) is 49.1. The van der Waals surface area contributed by atoms with E-state index in [4.69, 9.17) is 14.2 Å². The number of benzene rings is 2. The maximum atomic E-state index is 13.0. The quantitative estimate of drug-likeness (QED) is 0.116. The third-order valence-corrected chi connectivity index (χ3v) is 6.37. The van der Waals surface area contributed by atoms with Crippen LogP contribution in [0.1, 0.15) is 37.5 Å². The van der Waals surface area contributed by atoms with Crippen molar-refractivity contribution in [2.75, 3.05) is 13.2 Å². The second kappa shape index (κ2) is 12.9. The number of nitro groups is 1. The zero-order valence-electron chi connectivity index (χ0n) is 21.3. The van der Waals surface area contributed by atoms with Crippen molar-refractivity contribution >= 4 is 40.6 Å². The predicted molar refractivity (Wildman–Crippen MR) is 143 cm³/mol. The topological polar surface area (TPSA) is 125 Å². The van der Waals surface area contributed by atoms with Crippen LogP contribution < -0.4 is 9.47 Å². The Balaban J connectivity index is 1.91. The molecule has 0 bridgehead atoms. The van der Waals surface area contributed by atoms with Crippen molar-refractivity contribution in [3.63, 3.8) is 0 Å². The Kier molecular flexibility index (Phi) is 9.66. The van der Waals surface area contributed by atoms with Crippen molar-refractivity contribution in [3.05, 3.63) is 80.8 Å². The predicted octanol–water partition coefficient (Wildman–Crippen LogP) is 5.29. The van der Waals surface area contributed by atoms with E-state index < -0.39 is 28.1 Å². The molecule has 1 aliphatic rings. The molecule has 2 aromatic carbocycles. The number of thioether (sulfide) groups is 1. The van der Waals surface area contributed by atoms with Crippen molar-refractivity contribution in [3.8, 4) is 11.5 Å². The lowest BCUT2D eigenvalue weighted by Crippen LogP contribution is -2.42. The molecule has 1 fully saturated rings. The van der Waals surface area contributed by atoms with Crippen molar-refractivity contribution in [1.82, 2.24) is 4.90 Å². The molecule has 1 heterocycles. The Morgan fingerprint density at radius 3 is 2.47 bits per heavy atom. The number of hydrogen-bond donors (Lipinski definition) is 0. The maximum Gasteiger partial charge on any atom is 0.329 e. The van der Waals surface area contributed by atoms with Gasteiger partial charge in [-0.3, -0.25) is 24.6 Å². The molecular formula is C27H28N2O8S. The molecule has 1 atom stereocenters. The Morgan fingerprint density at radius 2 is 1.87 bits per heavy atom. The van der Waals surface area contributed by atoms with Crippen LogP contribution in [0.25, 0.3) is 6.08 Å². The monoisotopic (exact) mass is 540 g/mol. The lowest BCUT2D eigenvalue weighted by atomic mass is 10.0. The van der Waals surface area contributed by atoms with Gasteiger partial charge in [-0.2, -0.15) is 0 Å². The molecule has 0 radical (unpaired) electrons. The van der Waals surface area contributed by atoms with Crippen LogP contribution in [0.15, 0.2) is 54.0 Å². The number of rotatable bonds is 12. The molecule has 0 aliphatic carbocycles. The third kappa shape index (κ3) is 6.60. The summed E-state index contributed by atoms with van der Waals surface area (Å²) < 4.78 is 16.8. The average molecular weight is 541 g/mol. The molecule has 0 aromatic heterocycles. The maximum absolute atomic E-state index is 13.0. The number of ether oxygens (including phenoxy) is 3. The second-order valence-electron chi connectivity index (χ2n) is 8.13. The lowest BCUT2D eigenvalue weighted by Gasteiger charge is -2.19. The number of hydrogen-bond acceptors (Lipinski definition) is 9. The summed E-state index contributed by atoms with van der Waals surface area (Å²) in [6.07, 6.45) is 3.69. The number of nitro benzene ring substituents is 1. The molecule has 0 saturated carbocycles. The number of amides is 2. The molecule has 200 valence electrons. The van der Waals surface area contributed by atoms with Gasteiger partial charge in [0.05, 0.1) is 23.0 Å². The van der Waals surface area contributed by atoms with Gasteiger partial charge in [-0.25, -0.2) is 4.79 Å². The molecular weight excluding hydrogens is 512 g/mol. The zero-order chi connectivity index (χ0) is 27.8. The SMILES string of the molecule is C=CCc1cc(/C=C2/SC(=O)N([C@@H](C)C(=O)OCC)C2=O)cc(OCC)c1OCc1ccc([N+](=O)[O-])cc1. The van der Waals surface area contributed by atoms with Gasteiger partial charge in [0.25, 0.3) is 16.8 Å². The van der Waals surface area contributed by atoms with Gasteiger partial charge >= 0.3 is 5.97 Å². The minimum absolute atomic E-state index is 0.0125. The van der Waals surface area contributed by atoms with E-state index in [1.165, 1.54) is 19.1 Å². The van der Waals surface area contributed by atoms with Gasteiger partial charge in [-0.1, -0.05) is 6.08 Å². The Bertz CT molecular complexity index is 1270. The molecule has 10 nitrogen and oxygen atoms in total. The molecule has 11 heteroatoms. The minimum Gasteiger partial charge on any atom is -0.490 e. The molecule has 2 amide bonds. The highest BCUT2D eigenvalue weighted by Gasteiger charge is 2.41. The first-order valence-corrected chi connectivity index (χ1v) is 12.7. The fraction of sp³-hybridized carbons (Fsp3) is 0.296. The van der Waals surface area contributed by atoms with E-state index in [2.05, 4.69) is 6.58 Å². The van der Waals surface area contributed by atoms with E-state index in [1.54, 1.807) is 43.3 Å².